The van der Waals surface area contributed by atoms with Crippen molar-refractivity contribution in [3.05, 3.63) is 86.3 Å². The van der Waals surface area contributed by atoms with Crippen LogP contribution in [0, 0.1) is 28.4 Å². The van der Waals surface area contributed by atoms with Gasteiger partial charge in [-0.15, -0.1) is 0 Å². The lowest BCUT2D eigenvalue weighted by atomic mass is 9.68. The van der Waals surface area contributed by atoms with E-state index < -0.39 is 28.7 Å². The van der Waals surface area contributed by atoms with Gasteiger partial charge < -0.3 is 5.73 Å². The molecule has 0 bridgehead atoms. The van der Waals surface area contributed by atoms with E-state index >= 15 is 0 Å². The van der Waals surface area contributed by atoms with Crippen molar-refractivity contribution in [2.45, 2.75) is 32.6 Å². The zero-order chi connectivity index (χ0) is 23.4. The second kappa shape index (κ2) is 7.91. The van der Waals surface area contributed by atoms with Crippen LogP contribution in [0.5, 0.6) is 0 Å². The van der Waals surface area contributed by atoms with Crippen LogP contribution >= 0.6 is 23.2 Å². The third-order valence-corrected chi connectivity index (χ3v) is 6.67. The molecule has 0 spiro atoms. The van der Waals surface area contributed by atoms with Gasteiger partial charge in [0.25, 0.3) is 0 Å². The Bertz CT molecular complexity index is 1240. The minimum Gasteiger partial charge on any atom is -0.384 e. The van der Waals surface area contributed by atoms with Crippen LogP contribution in [0.4, 0.5) is 14.5 Å². The van der Waals surface area contributed by atoms with Crippen LogP contribution in [0.3, 0.4) is 0 Å². The lowest BCUT2D eigenvalue weighted by molar-refractivity contribution is -0.118. The van der Waals surface area contributed by atoms with Crippen molar-refractivity contribution in [3.63, 3.8) is 0 Å². The van der Waals surface area contributed by atoms with E-state index in [2.05, 4.69) is 0 Å². The zero-order valence-corrected chi connectivity index (χ0v) is 18.9. The van der Waals surface area contributed by atoms with Gasteiger partial charge in [-0.25, -0.2) is 8.78 Å². The molecule has 8 heteroatoms. The molecule has 1 atom stereocenters. The van der Waals surface area contributed by atoms with Crippen molar-refractivity contribution in [2.75, 3.05) is 4.90 Å². The maximum absolute atomic E-state index is 14.8. The Labute approximate surface area is 194 Å². The molecule has 0 fully saturated rings. The molecule has 2 aromatic rings. The molecular formula is C24H19Cl2F2N3O. The number of allylic oxidation sites excluding steroid dienone is 3. The summed E-state index contributed by atoms with van der Waals surface area (Å²) < 4.78 is 29.7. The first kappa shape index (κ1) is 22.3. The average molecular weight is 474 g/mol. The van der Waals surface area contributed by atoms with Gasteiger partial charge in [0.05, 0.1) is 27.6 Å². The van der Waals surface area contributed by atoms with Crippen molar-refractivity contribution in [1.29, 1.82) is 5.26 Å². The van der Waals surface area contributed by atoms with Crippen LogP contribution in [0.2, 0.25) is 10.0 Å². The molecule has 1 aliphatic carbocycles. The third-order valence-electron chi connectivity index (χ3n) is 5.83. The first-order valence-electron chi connectivity index (χ1n) is 9.91. The molecule has 2 aliphatic rings. The normalized spacial score (nSPS) is 20.3. The number of nitrogens with two attached hydrogens (primary N) is 1. The number of anilines is 1. The van der Waals surface area contributed by atoms with Gasteiger partial charge in [-0.1, -0.05) is 55.2 Å². The highest BCUT2D eigenvalue weighted by molar-refractivity contribution is 6.42. The lowest BCUT2D eigenvalue weighted by Crippen LogP contribution is -2.42. The lowest BCUT2D eigenvalue weighted by Gasteiger charge is -2.44. The summed E-state index contributed by atoms with van der Waals surface area (Å²) in [6, 6.07) is 10.4. The van der Waals surface area contributed by atoms with E-state index in [0.29, 0.717) is 17.7 Å². The fourth-order valence-corrected chi connectivity index (χ4v) is 4.94. The molecule has 4 rings (SSSR count). The Morgan fingerprint density at radius 3 is 2.38 bits per heavy atom. The minimum absolute atomic E-state index is 0.0244. The van der Waals surface area contributed by atoms with Crippen LogP contribution in [-0.4, -0.2) is 5.78 Å². The standard InChI is InChI=1S/C24H19Cl2F2N3O/c1-24(2)9-17-20(18(32)10-24)19(12-5-3-6-14(25)21(12)26)13(11-29)23(30)31(17)22-15(27)7-4-8-16(22)28/h3-8,19H,9-10,30H2,1-2H3/t19-/m0/s1. The molecule has 4 nitrogen and oxygen atoms in total. The highest BCUT2D eigenvalue weighted by atomic mass is 35.5. The summed E-state index contributed by atoms with van der Waals surface area (Å²) in [5.41, 5.74) is 6.50. The van der Waals surface area contributed by atoms with Crippen LogP contribution in [0.1, 0.15) is 38.2 Å². The Kier molecular flexibility index (Phi) is 5.52. The summed E-state index contributed by atoms with van der Waals surface area (Å²) in [6.45, 7) is 3.79. The molecule has 32 heavy (non-hydrogen) atoms. The number of halogens is 4. The monoisotopic (exact) mass is 473 g/mol. The number of Topliss-reactive ketones (excluding diaryl/α,β-unsaturated/α-hetero) is 1. The Morgan fingerprint density at radius 2 is 1.75 bits per heavy atom. The smallest absolute Gasteiger partial charge is 0.162 e. The second-order valence-corrected chi connectivity index (χ2v) is 9.48. The summed E-state index contributed by atoms with van der Waals surface area (Å²) >= 11 is 12.7. The molecule has 0 unspecified atom stereocenters. The zero-order valence-electron chi connectivity index (χ0n) is 17.3. The summed E-state index contributed by atoms with van der Waals surface area (Å²) in [5, 5.41) is 10.5. The maximum atomic E-state index is 14.8. The van der Waals surface area contributed by atoms with Crippen LogP contribution in [0.15, 0.2) is 59.1 Å². The summed E-state index contributed by atoms with van der Waals surface area (Å²) in [4.78, 5) is 14.6. The summed E-state index contributed by atoms with van der Waals surface area (Å²) in [5.74, 6) is -2.99. The number of hydrogen-bond donors (Lipinski definition) is 1. The van der Waals surface area contributed by atoms with E-state index in [1.165, 1.54) is 11.0 Å². The van der Waals surface area contributed by atoms with Gasteiger partial charge in [0.15, 0.2) is 5.78 Å². The van der Waals surface area contributed by atoms with Crippen LogP contribution in [0.25, 0.3) is 0 Å². The molecule has 1 heterocycles. The first-order chi connectivity index (χ1) is 15.1. The molecule has 0 aromatic heterocycles. The number of rotatable bonds is 2. The molecule has 2 aromatic carbocycles. The maximum Gasteiger partial charge on any atom is 0.162 e. The van der Waals surface area contributed by atoms with Crippen molar-refractivity contribution in [1.82, 2.24) is 0 Å². The number of nitriles is 1. The van der Waals surface area contributed by atoms with Crippen LogP contribution in [-0.2, 0) is 4.79 Å². The van der Waals surface area contributed by atoms with Gasteiger partial charge in [-0.3, -0.25) is 9.69 Å². The first-order valence-corrected chi connectivity index (χ1v) is 10.7. The number of para-hydroxylation sites is 1. The number of hydrogen-bond acceptors (Lipinski definition) is 4. The molecule has 1 aliphatic heterocycles. The van der Waals surface area contributed by atoms with E-state index in [9.17, 15) is 18.8 Å². The van der Waals surface area contributed by atoms with Crippen molar-refractivity contribution in [2.24, 2.45) is 11.1 Å². The third kappa shape index (κ3) is 3.46. The molecule has 164 valence electrons. The second-order valence-electron chi connectivity index (χ2n) is 8.69. The van der Waals surface area contributed by atoms with E-state index in [-0.39, 0.29) is 39.2 Å². The topological polar surface area (TPSA) is 70.1 Å². The van der Waals surface area contributed by atoms with Gasteiger partial charge in [0, 0.05) is 17.7 Å². The molecule has 0 amide bonds. The Balaban J connectivity index is 2.09. The predicted molar refractivity (Wildman–Crippen MR) is 120 cm³/mol. The van der Waals surface area contributed by atoms with Gasteiger partial charge in [-0.05, 0) is 35.6 Å². The van der Waals surface area contributed by atoms with Crippen molar-refractivity contribution < 1.29 is 13.6 Å². The van der Waals surface area contributed by atoms with Crippen molar-refractivity contribution in [3.8, 4) is 6.07 Å². The van der Waals surface area contributed by atoms with Gasteiger partial charge in [-0.2, -0.15) is 5.26 Å². The fourth-order valence-electron chi connectivity index (χ4n) is 4.52. The molecule has 0 radical (unpaired) electrons. The highest BCUT2D eigenvalue weighted by Crippen LogP contribution is 2.52. The number of carbonyl (C=O) groups excluding carboxylic acids is 1. The molecular weight excluding hydrogens is 455 g/mol. The largest absolute Gasteiger partial charge is 0.384 e. The summed E-state index contributed by atoms with van der Waals surface area (Å²) in [7, 11) is 0. The Morgan fingerprint density at radius 1 is 1.12 bits per heavy atom. The highest BCUT2D eigenvalue weighted by Gasteiger charge is 2.46. The quantitative estimate of drug-likeness (QED) is 0.562. The Hall–Kier alpha value is -2.88. The number of nitrogens with zero attached hydrogens (tertiary/aromatic N) is 2. The fraction of sp³-hybridized carbons (Fsp3) is 0.250. The van der Waals surface area contributed by atoms with Gasteiger partial charge in [0.2, 0.25) is 0 Å². The molecule has 0 saturated heterocycles. The minimum atomic E-state index is -0.893. The van der Waals surface area contributed by atoms with E-state index in [1.54, 1.807) is 18.2 Å². The number of carbonyl (C=O) groups is 1. The molecule has 2 N–H and O–H groups in total. The van der Waals surface area contributed by atoms with E-state index in [4.69, 9.17) is 28.9 Å². The van der Waals surface area contributed by atoms with E-state index in [0.717, 1.165) is 12.1 Å². The molecule has 0 saturated carbocycles. The SMILES string of the molecule is CC1(C)CC(=O)C2=C(C1)N(c1c(F)cccc1F)C(N)=C(C#N)[C@@H]2c1cccc(Cl)c1Cl. The summed E-state index contributed by atoms with van der Waals surface area (Å²) in [6.07, 6.45) is 0.517. The van der Waals surface area contributed by atoms with Gasteiger partial charge >= 0.3 is 0 Å². The van der Waals surface area contributed by atoms with Crippen molar-refractivity contribution >= 4 is 34.7 Å². The predicted octanol–water partition coefficient (Wildman–Crippen LogP) is 6.21. The van der Waals surface area contributed by atoms with Crippen LogP contribution < -0.4 is 10.6 Å². The van der Waals surface area contributed by atoms with Gasteiger partial charge in [0.1, 0.15) is 23.1 Å². The van der Waals surface area contributed by atoms with E-state index in [1.807, 2.05) is 19.9 Å². The number of ketones is 1. The number of benzene rings is 2. The average Bonchev–Trinajstić information content (AvgIpc) is 2.70.